The van der Waals surface area contributed by atoms with Crippen LogP contribution in [0.15, 0.2) is 47.1 Å². The van der Waals surface area contributed by atoms with Gasteiger partial charge in [-0.3, -0.25) is 14.9 Å². The maximum absolute atomic E-state index is 14.8. The summed E-state index contributed by atoms with van der Waals surface area (Å²) in [7, 11) is 1.27. The fourth-order valence-electron chi connectivity index (χ4n) is 5.02. The number of ether oxygens (including phenoxy) is 1. The van der Waals surface area contributed by atoms with Gasteiger partial charge in [0.2, 0.25) is 11.8 Å². The molecule has 3 amide bonds. The number of hydrogen-bond acceptors (Lipinski definition) is 5. The van der Waals surface area contributed by atoms with Crippen LogP contribution in [0.1, 0.15) is 49.5 Å². The lowest BCUT2D eigenvalue weighted by atomic mass is 9.96. The Bertz CT molecular complexity index is 1520. The van der Waals surface area contributed by atoms with Gasteiger partial charge in [-0.1, -0.05) is 34.0 Å². The molecule has 2 aromatic carbocycles. The number of aromatic amines is 1. The quantitative estimate of drug-likeness (QED) is 0.279. The van der Waals surface area contributed by atoms with Crippen molar-refractivity contribution < 1.29 is 23.5 Å². The molecular formula is C28H26BrClFN5O4. The lowest BCUT2D eigenvalue weighted by molar-refractivity contribution is -0.129. The largest absolute Gasteiger partial charge is 0.453 e. The molecule has 40 heavy (non-hydrogen) atoms. The summed E-state index contributed by atoms with van der Waals surface area (Å²) in [6.45, 7) is 0.364. The molecule has 0 unspecified atom stereocenters. The minimum absolute atomic E-state index is 0.00562. The number of carbonyl (C=O) groups excluding carboxylic acids is 3. The SMILES string of the molecule is COC(=O)Nc1ccc2c(c1)NC(=O)CCCC[C@H](N1CCC(c3c(Br)ccc(Cl)c3F)=CC1=O)c1nc-2c[nH]1. The van der Waals surface area contributed by atoms with Crippen molar-refractivity contribution in [3.05, 3.63) is 69.3 Å². The zero-order chi connectivity index (χ0) is 28.4. The zero-order valence-electron chi connectivity index (χ0n) is 21.5. The van der Waals surface area contributed by atoms with E-state index >= 15 is 0 Å². The van der Waals surface area contributed by atoms with E-state index in [4.69, 9.17) is 16.6 Å². The summed E-state index contributed by atoms with van der Waals surface area (Å²) in [4.78, 5) is 47.6. The van der Waals surface area contributed by atoms with Crippen LogP contribution in [0, 0.1) is 5.82 Å². The fraction of sp³-hybridized carbons (Fsp3) is 0.286. The predicted molar refractivity (Wildman–Crippen MR) is 153 cm³/mol. The lowest BCUT2D eigenvalue weighted by Gasteiger charge is -2.33. The van der Waals surface area contributed by atoms with Crippen LogP contribution in [-0.2, 0) is 14.3 Å². The topological polar surface area (TPSA) is 116 Å². The maximum Gasteiger partial charge on any atom is 0.411 e. The number of nitrogens with one attached hydrogen (secondary N) is 3. The van der Waals surface area contributed by atoms with Crippen LogP contribution < -0.4 is 10.6 Å². The van der Waals surface area contributed by atoms with Gasteiger partial charge in [0.15, 0.2) is 0 Å². The summed E-state index contributed by atoms with van der Waals surface area (Å²) in [5, 5.41) is 5.52. The third-order valence-corrected chi connectivity index (χ3v) is 7.94. The van der Waals surface area contributed by atoms with E-state index in [0.29, 0.717) is 82.7 Å². The monoisotopic (exact) mass is 629 g/mol. The number of benzene rings is 2. The van der Waals surface area contributed by atoms with Gasteiger partial charge >= 0.3 is 6.09 Å². The number of hydrogen-bond donors (Lipinski definition) is 3. The smallest absolute Gasteiger partial charge is 0.411 e. The van der Waals surface area contributed by atoms with Crippen LogP contribution in [0.2, 0.25) is 5.02 Å². The number of imidazole rings is 1. The summed E-state index contributed by atoms with van der Waals surface area (Å²) >= 11 is 9.39. The normalized spacial score (nSPS) is 17.6. The highest BCUT2D eigenvalue weighted by Gasteiger charge is 2.31. The van der Waals surface area contributed by atoms with Gasteiger partial charge in [-0.2, -0.15) is 0 Å². The van der Waals surface area contributed by atoms with E-state index in [1.165, 1.54) is 19.3 Å². The first-order chi connectivity index (χ1) is 19.2. The van der Waals surface area contributed by atoms with Gasteiger partial charge in [-0.15, -0.1) is 0 Å². The molecular weight excluding hydrogens is 605 g/mol. The Labute approximate surface area is 243 Å². The Morgan fingerprint density at radius 2 is 2.05 bits per heavy atom. The standard InChI is InChI=1S/C28H26BrClFN5O4/c1-40-28(39)33-16-6-7-17-20(13-16)34-23(37)5-3-2-4-22(27-32-14-21(17)35-27)36-11-10-15(12-24(36)38)25-18(29)8-9-19(30)26(25)31/h6-9,12-14,22H,2-5,10-11H2,1H3,(H,32,35)(H,33,39)(H,34,37)/t22-/m0/s1. The van der Waals surface area contributed by atoms with Gasteiger partial charge in [0.05, 0.1) is 29.6 Å². The van der Waals surface area contributed by atoms with Crippen molar-refractivity contribution in [2.75, 3.05) is 24.3 Å². The summed E-state index contributed by atoms with van der Waals surface area (Å²) < 4.78 is 20.0. The van der Waals surface area contributed by atoms with E-state index in [1.807, 2.05) is 0 Å². The first kappa shape index (κ1) is 27.9. The number of halogens is 3. The molecule has 1 atom stereocenters. The number of H-pyrrole nitrogens is 1. The zero-order valence-corrected chi connectivity index (χ0v) is 23.9. The van der Waals surface area contributed by atoms with Gasteiger partial charge in [0.25, 0.3) is 0 Å². The van der Waals surface area contributed by atoms with E-state index in [2.05, 4.69) is 36.3 Å². The molecule has 5 rings (SSSR count). The van der Waals surface area contributed by atoms with Gasteiger partial charge in [-0.05, 0) is 55.2 Å². The minimum Gasteiger partial charge on any atom is -0.453 e. The Morgan fingerprint density at radius 3 is 2.83 bits per heavy atom. The van der Waals surface area contributed by atoms with Crippen LogP contribution in [-0.4, -0.2) is 46.4 Å². The number of carbonyl (C=O) groups is 3. The number of nitrogens with zero attached hydrogens (tertiary/aromatic N) is 2. The summed E-state index contributed by atoms with van der Waals surface area (Å²) in [6, 6.07) is 7.86. The Morgan fingerprint density at radius 1 is 1.23 bits per heavy atom. The van der Waals surface area contributed by atoms with E-state index in [9.17, 15) is 18.8 Å². The van der Waals surface area contributed by atoms with Gasteiger partial charge in [-0.25, -0.2) is 14.2 Å². The van der Waals surface area contributed by atoms with Gasteiger partial charge < -0.3 is 19.9 Å². The third kappa shape index (κ3) is 5.75. The number of methoxy groups -OCH3 is 1. The number of fused-ring (bicyclic) bond motifs is 4. The van der Waals surface area contributed by atoms with Crippen LogP contribution in [0.25, 0.3) is 16.8 Å². The molecule has 12 heteroatoms. The van der Waals surface area contributed by atoms with Crippen LogP contribution in [0.5, 0.6) is 0 Å². The average molecular weight is 631 g/mol. The van der Waals surface area contributed by atoms with E-state index in [-0.39, 0.29) is 22.9 Å². The lowest BCUT2D eigenvalue weighted by Crippen LogP contribution is -2.38. The average Bonchev–Trinajstić information content (AvgIpc) is 3.41. The highest BCUT2D eigenvalue weighted by atomic mass is 79.9. The Kier molecular flexibility index (Phi) is 8.22. The van der Waals surface area contributed by atoms with Crippen molar-refractivity contribution in [3.63, 3.8) is 0 Å². The fourth-order valence-corrected chi connectivity index (χ4v) is 5.74. The molecule has 3 N–H and O–H groups in total. The summed E-state index contributed by atoms with van der Waals surface area (Å²) in [6.07, 6.45) is 5.17. The second-order valence-electron chi connectivity index (χ2n) is 9.53. The molecule has 2 aliphatic rings. The van der Waals surface area contributed by atoms with E-state index in [0.717, 1.165) is 0 Å². The van der Waals surface area contributed by atoms with Gasteiger partial charge in [0.1, 0.15) is 11.6 Å². The highest BCUT2D eigenvalue weighted by Crippen LogP contribution is 2.38. The number of aromatic nitrogens is 2. The van der Waals surface area contributed by atoms with Crippen molar-refractivity contribution in [2.45, 2.75) is 38.1 Å². The highest BCUT2D eigenvalue weighted by molar-refractivity contribution is 9.10. The molecule has 3 aromatic rings. The molecule has 0 saturated carbocycles. The van der Waals surface area contributed by atoms with Crippen LogP contribution in [0.3, 0.4) is 0 Å². The number of rotatable bonds is 3. The van der Waals surface area contributed by atoms with Crippen molar-refractivity contribution in [1.82, 2.24) is 14.9 Å². The molecule has 3 heterocycles. The molecule has 0 aliphatic carbocycles. The van der Waals surface area contributed by atoms with E-state index < -0.39 is 11.9 Å². The Balaban J connectivity index is 1.47. The minimum atomic E-state index is -0.627. The molecule has 0 saturated heterocycles. The maximum atomic E-state index is 14.8. The van der Waals surface area contributed by atoms with Crippen molar-refractivity contribution in [1.29, 1.82) is 0 Å². The Hall–Kier alpha value is -3.70. The molecule has 208 valence electrons. The summed E-state index contributed by atoms with van der Waals surface area (Å²) in [5.74, 6) is -0.364. The number of anilines is 2. The molecule has 0 radical (unpaired) electrons. The first-order valence-electron chi connectivity index (χ1n) is 12.7. The predicted octanol–water partition coefficient (Wildman–Crippen LogP) is 6.68. The van der Waals surface area contributed by atoms with Crippen molar-refractivity contribution >= 4 is 62.4 Å². The van der Waals surface area contributed by atoms with E-state index in [1.54, 1.807) is 35.4 Å². The second-order valence-corrected chi connectivity index (χ2v) is 10.8. The third-order valence-electron chi connectivity index (χ3n) is 6.99. The van der Waals surface area contributed by atoms with Gasteiger partial charge in [0, 0.05) is 46.5 Å². The summed E-state index contributed by atoms with van der Waals surface area (Å²) in [5.41, 5.74) is 3.04. The van der Waals surface area contributed by atoms with Crippen LogP contribution >= 0.6 is 27.5 Å². The second kappa shape index (κ2) is 11.8. The van der Waals surface area contributed by atoms with Crippen molar-refractivity contribution in [2.24, 2.45) is 0 Å². The molecule has 0 fully saturated rings. The molecule has 1 aromatic heterocycles. The molecule has 2 bridgehead atoms. The molecule has 0 spiro atoms. The first-order valence-corrected chi connectivity index (χ1v) is 13.9. The molecule has 2 aliphatic heterocycles. The van der Waals surface area contributed by atoms with Crippen molar-refractivity contribution in [3.8, 4) is 11.3 Å². The molecule has 9 nitrogen and oxygen atoms in total. The number of amides is 3. The van der Waals surface area contributed by atoms with Crippen LogP contribution in [0.4, 0.5) is 20.6 Å².